The molecule has 3 aromatic rings. The van der Waals surface area contributed by atoms with E-state index in [2.05, 4.69) is 19.8 Å². The van der Waals surface area contributed by atoms with Crippen LogP contribution in [0.5, 0.6) is 5.75 Å². The van der Waals surface area contributed by atoms with Crippen LogP contribution in [0.2, 0.25) is 0 Å². The summed E-state index contributed by atoms with van der Waals surface area (Å²) < 4.78 is 60.6. The molecular weight excluding hydrogens is 539 g/mol. The molecule has 0 radical (unpaired) electrons. The van der Waals surface area contributed by atoms with Crippen molar-refractivity contribution in [1.29, 1.82) is 0 Å². The van der Waals surface area contributed by atoms with E-state index in [0.717, 1.165) is 43.5 Å². The lowest BCUT2D eigenvalue weighted by Crippen LogP contribution is -2.44. The molecule has 2 aromatic heterocycles. The van der Waals surface area contributed by atoms with E-state index < -0.39 is 12.3 Å². The van der Waals surface area contributed by atoms with Gasteiger partial charge in [0.05, 0.1) is 37.0 Å². The molecule has 5 aliphatic rings. The van der Waals surface area contributed by atoms with Gasteiger partial charge in [-0.05, 0) is 74.1 Å². The minimum absolute atomic E-state index is 0.109. The lowest BCUT2D eigenvalue weighted by molar-refractivity contribution is -0.274. The van der Waals surface area contributed by atoms with Crippen LogP contribution in [0.4, 0.5) is 19.0 Å². The van der Waals surface area contributed by atoms with Crippen LogP contribution >= 0.6 is 0 Å². The van der Waals surface area contributed by atoms with Crippen LogP contribution < -0.4 is 9.64 Å². The van der Waals surface area contributed by atoms with E-state index in [1.807, 2.05) is 6.07 Å². The Balaban J connectivity index is 0.993. The van der Waals surface area contributed by atoms with Gasteiger partial charge >= 0.3 is 12.3 Å². The fourth-order valence-corrected chi connectivity index (χ4v) is 7.78. The molecule has 1 aromatic carbocycles. The molecule has 8 nitrogen and oxygen atoms in total. The molecule has 8 rings (SSSR count). The number of anilines is 1. The Labute approximate surface area is 233 Å². The summed E-state index contributed by atoms with van der Waals surface area (Å²) >= 11 is 0. The third-order valence-corrected chi connectivity index (χ3v) is 9.85. The SMILES string of the molecule is COC(=O)c1ccc(N2C3CC4C(OCc5c(-c6ccccc6OC(F)(F)F)noc5C5CC5)C4C4CCC432)nc1. The number of halogens is 3. The average Bonchev–Trinajstić information content (AvgIpc) is 3.89. The van der Waals surface area contributed by atoms with Gasteiger partial charge in [-0.2, -0.15) is 0 Å². The van der Waals surface area contributed by atoms with Crippen LogP contribution in [-0.2, 0) is 16.1 Å². The molecular formula is C30H28F3N3O5. The Bertz CT molecular complexity index is 1520. The highest BCUT2D eigenvalue weighted by molar-refractivity contribution is 5.89. The van der Waals surface area contributed by atoms with Crippen molar-refractivity contribution in [2.45, 2.75) is 68.7 Å². The Hall–Kier alpha value is -3.60. The number of nitrogens with zero attached hydrogens (tertiary/aromatic N) is 3. The van der Waals surface area contributed by atoms with E-state index in [0.29, 0.717) is 40.8 Å². The van der Waals surface area contributed by atoms with E-state index in [-0.39, 0.29) is 35.5 Å². The number of fused-ring (bicyclic) bond motifs is 2. The van der Waals surface area contributed by atoms with E-state index >= 15 is 0 Å². The number of carbonyl (C=O) groups is 1. The molecule has 4 aliphatic carbocycles. The molecule has 0 bridgehead atoms. The van der Waals surface area contributed by atoms with Gasteiger partial charge in [-0.1, -0.05) is 17.3 Å². The molecule has 214 valence electrons. The predicted molar refractivity (Wildman–Crippen MR) is 138 cm³/mol. The van der Waals surface area contributed by atoms with Gasteiger partial charge in [0, 0.05) is 23.2 Å². The lowest BCUT2D eigenvalue weighted by atomic mass is 9.64. The molecule has 1 saturated heterocycles. The minimum atomic E-state index is -4.81. The van der Waals surface area contributed by atoms with Crippen molar-refractivity contribution >= 4 is 11.8 Å². The van der Waals surface area contributed by atoms with Crippen LogP contribution in [0, 0.1) is 17.8 Å². The zero-order valence-corrected chi connectivity index (χ0v) is 22.3. The van der Waals surface area contributed by atoms with Crippen LogP contribution in [-0.4, -0.2) is 47.3 Å². The summed E-state index contributed by atoms with van der Waals surface area (Å²) in [6.07, 6.45) is 2.08. The molecule has 0 N–H and O–H groups in total. The molecule has 1 aliphatic heterocycles. The molecule has 1 spiro atoms. The highest BCUT2D eigenvalue weighted by Gasteiger charge is 2.81. The van der Waals surface area contributed by atoms with E-state index in [1.54, 1.807) is 24.4 Å². The molecule has 6 unspecified atom stereocenters. The zero-order chi connectivity index (χ0) is 28.1. The summed E-state index contributed by atoms with van der Waals surface area (Å²) in [4.78, 5) is 18.8. The van der Waals surface area contributed by atoms with E-state index in [9.17, 15) is 18.0 Å². The quantitative estimate of drug-likeness (QED) is 0.247. The second-order valence-electron chi connectivity index (χ2n) is 11.9. The van der Waals surface area contributed by atoms with Gasteiger partial charge in [-0.25, -0.2) is 9.78 Å². The lowest BCUT2D eigenvalue weighted by Gasteiger charge is -2.40. The van der Waals surface area contributed by atoms with Crippen LogP contribution in [0.3, 0.4) is 0 Å². The number of hydrogen-bond acceptors (Lipinski definition) is 8. The van der Waals surface area contributed by atoms with Crippen molar-refractivity contribution in [2.24, 2.45) is 17.8 Å². The summed E-state index contributed by atoms with van der Waals surface area (Å²) in [5, 5.41) is 4.20. The Morgan fingerprint density at radius 3 is 2.68 bits per heavy atom. The Morgan fingerprint density at radius 2 is 2.00 bits per heavy atom. The van der Waals surface area contributed by atoms with Gasteiger partial charge in [-0.3, -0.25) is 0 Å². The van der Waals surface area contributed by atoms with Crippen molar-refractivity contribution in [3.63, 3.8) is 0 Å². The zero-order valence-electron chi connectivity index (χ0n) is 22.3. The number of esters is 1. The predicted octanol–water partition coefficient (Wildman–Crippen LogP) is 5.87. The second-order valence-corrected chi connectivity index (χ2v) is 11.9. The third-order valence-electron chi connectivity index (χ3n) is 9.85. The first-order chi connectivity index (χ1) is 19.8. The molecule has 4 saturated carbocycles. The van der Waals surface area contributed by atoms with Gasteiger partial charge in [-0.15, -0.1) is 13.2 Å². The number of aromatic nitrogens is 2. The van der Waals surface area contributed by atoms with Crippen molar-refractivity contribution in [2.75, 3.05) is 12.0 Å². The summed E-state index contributed by atoms with van der Waals surface area (Å²) in [5.41, 5.74) is 1.87. The summed E-state index contributed by atoms with van der Waals surface area (Å²) in [5.74, 6) is 2.53. The smallest absolute Gasteiger partial charge is 0.465 e. The highest BCUT2D eigenvalue weighted by atomic mass is 19.4. The average molecular weight is 568 g/mol. The third kappa shape index (κ3) is 3.88. The van der Waals surface area contributed by atoms with Gasteiger partial charge in [0.15, 0.2) is 0 Å². The maximum absolute atomic E-state index is 13.1. The number of rotatable bonds is 8. The fourth-order valence-electron chi connectivity index (χ4n) is 7.78. The second kappa shape index (κ2) is 8.70. The number of methoxy groups -OCH3 is 1. The maximum atomic E-state index is 13.1. The van der Waals surface area contributed by atoms with Gasteiger partial charge in [0.2, 0.25) is 0 Å². The van der Waals surface area contributed by atoms with Gasteiger partial charge in [0.1, 0.15) is 23.0 Å². The van der Waals surface area contributed by atoms with Gasteiger partial charge < -0.3 is 23.6 Å². The van der Waals surface area contributed by atoms with Crippen LogP contribution in [0.1, 0.15) is 59.7 Å². The Morgan fingerprint density at radius 1 is 1.17 bits per heavy atom. The molecule has 41 heavy (non-hydrogen) atoms. The molecule has 11 heteroatoms. The number of para-hydroxylation sites is 1. The minimum Gasteiger partial charge on any atom is -0.465 e. The highest BCUT2D eigenvalue weighted by Crippen LogP contribution is 2.74. The maximum Gasteiger partial charge on any atom is 0.573 e. The summed E-state index contributed by atoms with van der Waals surface area (Å²) in [7, 11) is 1.36. The number of pyridine rings is 1. The van der Waals surface area contributed by atoms with E-state index in [4.69, 9.17) is 14.0 Å². The number of alkyl halides is 3. The fraction of sp³-hybridized carbons (Fsp3) is 0.500. The monoisotopic (exact) mass is 567 g/mol. The number of hydrogen-bond donors (Lipinski definition) is 0. The van der Waals surface area contributed by atoms with Crippen molar-refractivity contribution in [3.8, 4) is 17.0 Å². The first-order valence-corrected chi connectivity index (χ1v) is 14.1. The van der Waals surface area contributed by atoms with Crippen molar-refractivity contribution < 1.29 is 36.7 Å². The molecule has 6 atom stereocenters. The molecule has 5 fully saturated rings. The van der Waals surface area contributed by atoms with E-state index in [1.165, 1.54) is 19.2 Å². The number of benzene rings is 1. The normalized spacial score (nSPS) is 30.9. The van der Waals surface area contributed by atoms with Crippen LogP contribution in [0.15, 0.2) is 47.1 Å². The topological polar surface area (TPSA) is 86.7 Å². The molecule has 0 amide bonds. The molecule has 3 heterocycles. The largest absolute Gasteiger partial charge is 0.573 e. The van der Waals surface area contributed by atoms with Crippen molar-refractivity contribution in [3.05, 3.63) is 59.5 Å². The first kappa shape index (κ1) is 25.1. The summed E-state index contributed by atoms with van der Waals surface area (Å²) in [6, 6.07) is 10.1. The van der Waals surface area contributed by atoms with Crippen molar-refractivity contribution in [1.82, 2.24) is 10.1 Å². The van der Waals surface area contributed by atoms with Gasteiger partial charge in [0.25, 0.3) is 0 Å². The first-order valence-electron chi connectivity index (χ1n) is 14.1. The van der Waals surface area contributed by atoms with Crippen LogP contribution in [0.25, 0.3) is 11.3 Å². The standard InChI is InChI=1S/C30H28F3N3O5/c1-38-28(37)16-8-9-23(34-13-16)36-22-12-18-24(20-10-11-29(20,22)36)27(18)39-14-19-25(35-41-26(19)15-6-7-15)17-4-2-3-5-21(17)40-30(31,32)33/h2-5,8-9,13,15,18,20,22,24,27H,6-7,10-12,14H2,1H3. The Kier molecular flexibility index (Phi) is 5.34. The number of carbonyl (C=O) groups excluding carboxylic acids is 1. The number of ether oxygens (including phenoxy) is 3. The summed E-state index contributed by atoms with van der Waals surface area (Å²) in [6.45, 7) is 0.243.